The van der Waals surface area contributed by atoms with Crippen molar-refractivity contribution in [3.05, 3.63) is 52.5 Å². The molecular weight excluding hydrogens is 418 g/mol. The topological polar surface area (TPSA) is 66.0 Å². The number of methoxy groups -OCH3 is 3. The molecule has 0 unspecified atom stereocenters. The maximum absolute atomic E-state index is 12.7. The van der Waals surface area contributed by atoms with E-state index >= 15 is 0 Å². The van der Waals surface area contributed by atoms with Crippen LogP contribution in [0.15, 0.2) is 36.4 Å². The zero-order valence-corrected chi connectivity index (χ0v) is 19.1. The van der Waals surface area contributed by atoms with E-state index < -0.39 is 0 Å². The smallest absolute Gasteiger partial charge is 0.220 e. The summed E-state index contributed by atoms with van der Waals surface area (Å²) in [6.07, 6.45) is 2.62. The molecule has 31 heavy (non-hydrogen) atoms. The third kappa shape index (κ3) is 5.63. The van der Waals surface area contributed by atoms with E-state index in [0.29, 0.717) is 54.9 Å². The highest BCUT2D eigenvalue weighted by Crippen LogP contribution is 2.38. The van der Waals surface area contributed by atoms with Gasteiger partial charge in [0.2, 0.25) is 11.7 Å². The van der Waals surface area contributed by atoms with Crippen LogP contribution in [0.1, 0.15) is 30.4 Å². The first-order valence-electron chi connectivity index (χ1n) is 10.4. The molecule has 2 aromatic carbocycles. The molecule has 0 radical (unpaired) electrons. The molecule has 1 aliphatic rings. The minimum Gasteiger partial charge on any atom is -0.493 e. The minimum atomic E-state index is -0.161. The molecule has 2 aromatic rings. The van der Waals surface area contributed by atoms with Gasteiger partial charge in [0, 0.05) is 36.6 Å². The third-order valence-corrected chi connectivity index (χ3v) is 6.11. The first-order chi connectivity index (χ1) is 15.0. The number of nitrogens with one attached hydrogen (secondary N) is 1. The highest BCUT2D eigenvalue weighted by Gasteiger charge is 2.35. The summed E-state index contributed by atoms with van der Waals surface area (Å²) in [7, 11) is 4.73. The van der Waals surface area contributed by atoms with E-state index in [1.807, 2.05) is 30.3 Å². The summed E-state index contributed by atoms with van der Waals surface area (Å²) in [6.45, 7) is 1.91. The van der Waals surface area contributed by atoms with Crippen LogP contribution in [-0.4, -0.2) is 47.0 Å². The highest BCUT2D eigenvalue weighted by atomic mass is 35.5. The quantitative estimate of drug-likeness (QED) is 0.625. The average Bonchev–Trinajstić information content (AvgIpc) is 2.81. The number of aryl methyl sites for hydroxylation is 1. The Kier molecular flexibility index (Phi) is 8.04. The van der Waals surface area contributed by atoms with Gasteiger partial charge in [0.05, 0.1) is 21.3 Å². The van der Waals surface area contributed by atoms with E-state index in [1.165, 1.54) is 0 Å². The van der Waals surface area contributed by atoms with Crippen LogP contribution in [0.25, 0.3) is 0 Å². The van der Waals surface area contributed by atoms with Crippen molar-refractivity contribution in [2.75, 3.05) is 41.1 Å². The van der Waals surface area contributed by atoms with Crippen molar-refractivity contribution in [3.8, 4) is 17.2 Å². The van der Waals surface area contributed by atoms with E-state index in [-0.39, 0.29) is 11.3 Å². The van der Waals surface area contributed by atoms with E-state index in [9.17, 15) is 4.79 Å². The van der Waals surface area contributed by atoms with Crippen LogP contribution in [0, 0.1) is 0 Å². The van der Waals surface area contributed by atoms with Crippen molar-refractivity contribution < 1.29 is 23.7 Å². The molecule has 1 saturated heterocycles. The largest absolute Gasteiger partial charge is 0.493 e. The Hall–Kier alpha value is -2.44. The summed E-state index contributed by atoms with van der Waals surface area (Å²) < 4.78 is 21.7. The van der Waals surface area contributed by atoms with Crippen LogP contribution in [0.2, 0.25) is 5.02 Å². The number of rotatable bonds is 9. The lowest BCUT2D eigenvalue weighted by atomic mass is 9.74. The molecule has 6 nitrogen and oxygen atoms in total. The molecule has 0 bridgehead atoms. The number of carbonyl (C=O) groups is 1. The zero-order chi connectivity index (χ0) is 22.3. The molecule has 0 atom stereocenters. The van der Waals surface area contributed by atoms with Gasteiger partial charge >= 0.3 is 0 Å². The summed E-state index contributed by atoms with van der Waals surface area (Å²) in [5, 5.41) is 3.84. The number of ether oxygens (including phenoxy) is 4. The first-order valence-corrected chi connectivity index (χ1v) is 10.8. The number of hydrogen-bond acceptors (Lipinski definition) is 5. The van der Waals surface area contributed by atoms with Gasteiger partial charge in [-0.25, -0.2) is 0 Å². The summed E-state index contributed by atoms with van der Waals surface area (Å²) in [5.74, 6) is 1.71. The van der Waals surface area contributed by atoms with Gasteiger partial charge in [0.1, 0.15) is 0 Å². The van der Waals surface area contributed by atoms with Crippen LogP contribution in [0.5, 0.6) is 17.2 Å². The molecule has 3 rings (SSSR count). The summed E-state index contributed by atoms with van der Waals surface area (Å²) in [4.78, 5) is 12.7. The Bertz CT molecular complexity index is 870. The molecule has 1 heterocycles. The maximum Gasteiger partial charge on any atom is 0.220 e. The van der Waals surface area contributed by atoms with Gasteiger partial charge in [-0.3, -0.25) is 4.79 Å². The fraction of sp³-hybridized carbons (Fsp3) is 0.458. The Morgan fingerprint density at radius 1 is 1.06 bits per heavy atom. The predicted octanol–water partition coefficient (Wildman–Crippen LogP) is 4.16. The van der Waals surface area contributed by atoms with Gasteiger partial charge in [-0.15, -0.1) is 0 Å². The lowest BCUT2D eigenvalue weighted by Crippen LogP contribution is -2.44. The molecular formula is C24H30ClNO5. The first kappa shape index (κ1) is 23.2. The van der Waals surface area contributed by atoms with Crippen molar-refractivity contribution >= 4 is 17.5 Å². The van der Waals surface area contributed by atoms with Crippen molar-refractivity contribution in [2.45, 2.75) is 31.1 Å². The van der Waals surface area contributed by atoms with Crippen LogP contribution in [-0.2, 0) is 21.4 Å². The van der Waals surface area contributed by atoms with Crippen LogP contribution >= 0.6 is 11.6 Å². The van der Waals surface area contributed by atoms with E-state index in [2.05, 4.69) is 11.4 Å². The molecule has 7 heteroatoms. The van der Waals surface area contributed by atoms with Gasteiger partial charge in [-0.1, -0.05) is 23.7 Å². The molecule has 0 spiro atoms. The maximum atomic E-state index is 12.7. The van der Waals surface area contributed by atoms with Crippen molar-refractivity contribution in [3.63, 3.8) is 0 Å². The SMILES string of the molecule is COc1cc(CCC(=O)NCC2(c3cccc(Cl)c3)CCOCC2)cc(OC)c1OC. The Morgan fingerprint density at radius 3 is 2.32 bits per heavy atom. The van der Waals surface area contributed by atoms with Crippen molar-refractivity contribution in [2.24, 2.45) is 0 Å². The average molecular weight is 448 g/mol. The second kappa shape index (κ2) is 10.7. The van der Waals surface area contributed by atoms with E-state index in [4.69, 9.17) is 30.5 Å². The minimum absolute atomic E-state index is 0.00152. The number of benzene rings is 2. The van der Waals surface area contributed by atoms with Crippen LogP contribution in [0.4, 0.5) is 0 Å². The summed E-state index contributed by atoms with van der Waals surface area (Å²) in [5.41, 5.74) is 1.93. The number of hydrogen-bond donors (Lipinski definition) is 1. The second-order valence-electron chi connectivity index (χ2n) is 7.71. The summed E-state index contributed by atoms with van der Waals surface area (Å²) >= 11 is 6.23. The second-order valence-corrected chi connectivity index (χ2v) is 8.15. The molecule has 168 valence electrons. The van der Waals surface area contributed by atoms with E-state index in [0.717, 1.165) is 24.0 Å². The summed E-state index contributed by atoms with van der Waals surface area (Å²) in [6, 6.07) is 11.7. The molecule has 0 aromatic heterocycles. The van der Waals surface area contributed by atoms with Crippen LogP contribution in [0.3, 0.4) is 0 Å². The van der Waals surface area contributed by atoms with Gasteiger partial charge < -0.3 is 24.3 Å². The van der Waals surface area contributed by atoms with Gasteiger partial charge in [-0.05, 0) is 54.7 Å². The third-order valence-electron chi connectivity index (χ3n) is 5.88. The molecule has 1 amide bonds. The Labute approximate surface area is 188 Å². The fourth-order valence-corrected chi connectivity index (χ4v) is 4.23. The van der Waals surface area contributed by atoms with Crippen molar-refractivity contribution in [1.82, 2.24) is 5.32 Å². The number of carbonyl (C=O) groups excluding carboxylic acids is 1. The lowest BCUT2D eigenvalue weighted by Gasteiger charge is -2.38. The predicted molar refractivity (Wildman–Crippen MR) is 121 cm³/mol. The highest BCUT2D eigenvalue weighted by molar-refractivity contribution is 6.30. The monoisotopic (exact) mass is 447 g/mol. The molecule has 0 saturated carbocycles. The van der Waals surface area contributed by atoms with Crippen molar-refractivity contribution in [1.29, 1.82) is 0 Å². The number of halogens is 1. The standard InChI is InChI=1S/C24H30ClNO5/c1-28-20-13-17(14-21(29-2)23(20)30-3)7-8-22(27)26-16-24(9-11-31-12-10-24)18-5-4-6-19(25)15-18/h4-6,13-15H,7-12,16H2,1-3H3,(H,26,27). The fourth-order valence-electron chi connectivity index (χ4n) is 4.04. The number of amides is 1. The molecule has 1 fully saturated rings. The van der Waals surface area contributed by atoms with Gasteiger partial charge in [0.15, 0.2) is 11.5 Å². The van der Waals surface area contributed by atoms with Gasteiger partial charge in [0.25, 0.3) is 0 Å². The lowest BCUT2D eigenvalue weighted by molar-refractivity contribution is -0.121. The molecule has 0 aliphatic carbocycles. The van der Waals surface area contributed by atoms with Gasteiger partial charge in [-0.2, -0.15) is 0 Å². The normalized spacial score (nSPS) is 15.2. The van der Waals surface area contributed by atoms with Crippen LogP contribution < -0.4 is 19.5 Å². The molecule has 1 N–H and O–H groups in total. The van der Waals surface area contributed by atoms with E-state index in [1.54, 1.807) is 21.3 Å². The zero-order valence-electron chi connectivity index (χ0n) is 18.3. The molecule has 1 aliphatic heterocycles. The Morgan fingerprint density at radius 2 is 1.74 bits per heavy atom. The Balaban J connectivity index is 1.65.